The molecule has 0 fully saturated rings. The van der Waals surface area contributed by atoms with Crippen molar-refractivity contribution in [2.45, 2.75) is 61.8 Å². The quantitative estimate of drug-likeness (QED) is 0.0828. The van der Waals surface area contributed by atoms with Crippen LogP contribution in [-0.2, 0) is 31.3 Å². The Morgan fingerprint density at radius 3 is 2.15 bits per heavy atom. The summed E-state index contributed by atoms with van der Waals surface area (Å²) < 4.78 is 0. The zero-order valence-electron chi connectivity index (χ0n) is 31.8. The summed E-state index contributed by atoms with van der Waals surface area (Å²) in [6, 6.07) is 41.3. The van der Waals surface area contributed by atoms with Crippen molar-refractivity contribution < 1.29 is 30.0 Å². The molecule has 271 valence electrons. The summed E-state index contributed by atoms with van der Waals surface area (Å²) in [6.45, 7) is 15.7. The summed E-state index contributed by atoms with van der Waals surface area (Å²) in [5, 5.41) is 19.4. The first-order valence-electron chi connectivity index (χ1n) is 18.2. The van der Waals surface area contributed by atoms with Crippen LogP contribution >= 0.6 is 0 Å². The zero-order chi connectivity index (χ0) is 36.9. The first-order valence-corrected chi connectivity index (χ1v) is 18.2. The van der Waals surface area contributed by atoms with E-state index in [4.69, 9.17) is 4.98 Å². The molecule has 0 atom stereocenters. The van der Waals surface area contributed by atoms with Crippen LogP contribution in [0.1, 0.15) is 61.0 Å². The second-order valence-corrected chi connectivity index (χ2v) is 16.5. The van der Waals surface area contributed by atoms with Gasteiger partial charge in [-0.15, -0.1) is 17.5 Å². The molecule has 5 heteroatoms. The van der Waals surface area contributed by atoms with Crippen LogP contribution < -0.4 is 4.90 Å². The molecule has 1 aromatic heterocycles. The van der Waals surface area contributed by atoms with Crippen LogP contribution in [0.3, 0.4) is 0 Å². The van der Waals surface area contributed by atoms with Gasteiger partial charge in [0.2, 0.25) is 0 Å². The third-order valence-corrected chi connectivity index (χ3v) is 9.83. The topological polar surface area (TPSA) is 53.4 Å². The van der Waals surface area contributed by atoms with Crippen molar-refractivity contribution in [2.75, 3.05) is 4.90 Å². The predicted octanol–water partition coefficient (Wildman–Crippen LogP) is 13.2. The second kappa shape index (κ2) is 14.5. The van der Waals surface area contributed by atoms with Crippen LogP contribution in [0, 0.1) is 22.8 Å². The van der Waals surface area contributed by atoms with Gasteiger partial charge in [0, 0.05) is 60.3 Å². The van der Waals surface area contributed by atoms with Crippen molar-refractivity contribution >= 4 is 65.9 Å². The van der Waals surface area contributed by atoms with Gasteiger partial charge in [0.15, 0.2) is 5.78 Å². The Balaban J connectivity index is 0.000000297. The Morgan fingerprint density at radius 2 is 1.45 bits per heavy atom. The summed E-state index contributed by atoms with van der Waals surface area (Å²) in [5.41, 5.74) is 6.11. The smallest absolute Gasteiger partial charge is 0.164 e. The predicted molar refractivity (Wildman–Crippen MR) is 220 cm³/mol. The van der Waals surface area contributed by atoms with Gasteiger partial charge < -0.3 is 10.0 Å². The Kier molecular flexibility index (Phi) is 10.4. The number of anilines is 3. The number of allylic oxidation sites excluding steroid dienone is 2. The summed E-state index contributed by atoms with van der Waals surface area (Å²) in [4.78, 5) is 18.9. The maximum atomic E-state index is 11.5. The van der Waals surface area contributed by atoms with E-state index in [2.05, 4.69) is 128 Å². The standard InChI is InChI=1S/C37H27N2.C11H20O2.Ir/c1-23(2)18-24-12-13-25-14-15-29-30-16-17-38-37-33-20-26-8-6-7-9-27(26)21-34(33)39(28-10-4-3-5-11-28)35(36(30)37)22-32(29)31(25)19-24;1-10(2,3)8(12)7-9(13)11(4,5)6;/h3-17,19,21-23H,18H2,1-2H3;7,12H,1-6H3;/q-1;;/b;8-7-;. The van der Waals surface area contributed by atoms with Gasteiger partial charge in [-0.3, -0.25) is 9.78 Å². The molecule has 1 aliphatic heterocycles. The number of carbonyl (C=O) groups is 1. The van der Waals surface area contributed by atoms with E-state index in [1.807, 2.05) is 47.7 Å². The maximum absolute atomic E-state index is 11.5. The number of para-hydroxylation sites is 1. The molecule has 4 nitrogen and oxygen atoms in total. The molecule has 1 N–H and O–H groups in total. The van der Waals surface area contributed by atoms with Gasteiger partial charge in [0.1, 0.15) is 5.76 Å². The zero-order valence-corrected chi connectivity index (χ0v) is 34.2. The normalized spacial score (nSPS) is 12.8. The van der Waals surface area contributed by atoms with Gasteiger partial charge >= 0.3 is 0 Å². The number of hydrogen-bond donors (Lipinski definition) is 1. The molecule has 0 saturated heterocycles. The summed E-state index contributed by atoms with van der Waals surface area (Å²) in [6.07, 6.45) is 4.37. The molecule has 0 unspecified atom stereocenters. The van der Waals surface area contributed by atoms with E-state index in [1.54, 1.807) is 0 Å². The number of hydrogen-bond acceptors (Lipinski definition) is 4. The molecule has 6 aromatic carbocycles. The molecule has 1 radical (unpaired) electrons. The van der Waals surface area contributed by atoms with Crippen LogP contribution in [0.15, 0.2) is 121 Å². The minimum Gasteiger partial charge on any atom is -0.512 e. The van der Waals surface area contributed by atoms with E-state index < -0.39 is 5.41 Å². The minimum absolute atomic E-state index is 0. The SMILES string of the molecule is CC(C)(C)C(=O)/C=C(\O)C(C)(C)C.CC(C)Cc1ccc2ccc3c4ccnc5c4c(cc3c2c1)N(c1ccccc1)c1cc2ccccc2[c-]c1-5.[Ir]. The van der Waals surface area contributed by atoms with Crippen molar-refractivity contribution in [1.29, 1.82) is 0 Å². The van der Waals surface area contributed by atoms with Crippen molar-refractivity contribution in [3.63, 3.8) is 0 Å². The fourth-order valence-corrected chi connectivity index (χ4v) is 6.95. The molecule has 0 spiro atoms. The number of carbonyl (C=O) groups excluding carboxylic acids is 1. The van der Waals surface area contributed by atoms with Crippen LogP contribution in [0.4, 0.5) is 17.1 Å². The Morgan fingerprint density at radius 1 is 0.755 bits per heavy atom. The number of nitrogens with zero attached hydrogens (tertiary/aromatic N) is 2. The Labute approximate surface area is 326 Å². The molecule has 8 rings (SSSR count). The van der Waals surface area contributed by atoms with Gasteiger partial charge in [-0.2, -0.15) is 0 Å². The average Bonchev–Trinajstić information content (AvgIpc) is 3.10. The fourth-order valence-electron chi connectivity index (χ4n) is 6.95. The number of aromatic nitrogens is 1. The molecule has 53 heavy (non-hydrogen) atoms. The third kappa shape index (κ3) is 7.38. The number of aliphatic hydroxyl groups is 1. The molecule has 0 saturated carbocycles. The van der Waals surface area contributed by atoms with E-state index in [-0.39, 0.29) is 37.1 Å². The molecule has 7 aromatic rings. The second-order valence-electron chi connectivity index (χ2n) is 16.5. The largest absolute Gasteiger partial charge is 0.512 e. The van der Waals surface area contributed by atoms with Crippen molar-refractivity contribution in [2.24, 2.45) is 16.7 Å². The minimum atomic E-state index is -0.417. The van der Waals surface area contributed by atoms with Crippen molar-refractivity contribution in [3.8, 4) is 11.3 Å². The van der Waals surface area contributed by atoms with E-state index in [9.17, 15) is 9.90 Å². The maximum Gasteiger partial charge on any atom is 0.164 e. The van der Waals surface area contributed by atoms with Crippen LogP contribution in [0.5, 0.6) is 0 Å². The Bertz CT molecular complexity index is 2520. The average molecular weight is 876 g/mol. The first-order chi connectivity index (χ1) is 24.7. The molecular formula is C48H47IrN2O2-. The molecular weight excluding hydrogens is 829 g/mol. The third-order valence-electron chi connectivity index (χ3n) is 9.83. The number of benzene rings is 6. The number of aliphatic hydroxyl groups excluding tert-OH is 1. The van der Waals surface area contributed by atoms with Gasteiger partial charge in [0.05, 0.1) is 0 Å². The van der Waals surface area contributed by atoms with Crippen molar-refractivity contribution in [1.82, 2.24) is 4.98 Å². The number of pyridine rings is 1. The Hall–Kier alpha value is -4.83. The van der Waals surface area contributed by atoms with Gasteiger partial charge in [-0.1, -0.05) is 139 Å². The van der Waals surface area contributed by atoms with Crippen LogP contribution in [0.25, 0.3) is 54.3 Å². The number of ketones is 1. The van der Waals surface area contributed by atoms with Gasteiger partial charge in [-0.05, 0) is 80.2 Å². The molecule has 0 bridgehead atoms. The molecule has 0 amide bonds. The van der Waals surface area contributed by atoms with E-state index in [0.29, 0.717) is 5.92 Å². The molecule has 0 aliphatic carbocycles. The summed E-state index contributed by atoms with van der Waals surface area (Å²) >= 11 is 0. The fraction of sp³-hybridized carbons (Fsp3) is 0.250. The van der Waals surface area contributed by atoms with E-state index in [0.717, 1.165) is 34.4 Å². The molecule has 2 heterocycles. The number of fused-ring (bicyclic) bond motifs is 7. The van der Waals surface area contributed by atoms with Gasteiger partial charge in [0.25, 0.3) is 0 Å². The number of rotatable bonds is 4. The summed E-state index contributed by atoms with van der Waals surface area (Å²) in [5.74, 6) is 0.719. The van der Waals surface area contributed by atoms with Crippen molar-refractivity contribution in [3.05, 3.63) is 133 Å². The monoisotopic (exact) mass is 876 g/mol. The first kappa shape index (κ1) is 37.9. The van der Waals surface area contributed by atoms with Crippen LogP contribution in [-0.4, -0.2) is 15.9 Å². The van der Waals surface area contributed by atoms with E-state index in [1.165, 1.54) is 55.0 Å². The van der Waals surface area contributed by atoms with E-state index >= 15 is 0 Å². The van der Waals surface area contributed by atoms with Crippen LogP contribution in [0.2, 0.25) is 0 Å². The summed E-state index contributed by atoms with van der Waals surface area (Å²) in [7, 11) is 0. The molecule has 1 aliphatic rings. The van der Waals surface area contributed by atoms with Gasteiger partial charge in [-0.25, -0.2) is 0 Å².